The van der Waals surface area contributed by atoms with Crippen LogP contribution in [-0.4, -0.2) is 5.78 Å². The summed E-state index contributed by atoms with van der Waals surface area (Å²) in [6, 6.07) is 7.89. The van der Waals surface area contributed by atoms with Crippen LogP contribution in [0, 0.1) is 0 Å². The fraction of sp³-hybridized carbons (Fsp3) is 0.0714. The average Bonchev–Trinajstić information content (AvgIpc) is 2.37. The zero-order valence-electron chi connectivity index (χ0n) is 10.3. The number of rotatable bonds is 2. The van der Waals surface area contributed by atoms with Crippen molar-refractivity contribution in [2.75, 3.05) is 5.73 Å². The molecule has 2 rings (SSSR count). The number of ketones is 1. The summed E-state index contributed by atoms with van der Waals surface area (Å²) in [6.45, 7) is 0. The van der Waals surface area contributed by atoms with E-state index in [0.29, 0.717) is 10.2 Å². The molecule has 0 amide bonds. The Morgan fingerprint density at radius 2 is 1.67 bits per heavy atom. The van der Waals surface area contributed by atoms with E-state index in [1.54, 1.807) is 0 Å². The lowest BCUT2D eigenvalue weighted by Crippen LogP contribution is -2.09. The normalized spacial score (nSPS) is 11.5. The van der Waals surface area contributed by atoms with Gasteiger partial charge in [-0.1, -0.05) is 15.9 Å². The van der Waals surface area contributed by atoms with Gasteiger partial charge in [0.05, 0.1) is 5.56 Å². The van der Waals surface area contributed by atoms with Gasteiger partial charge in [0.25, 0.3) is 0 Å². The monoisotopic (exact) mass is 421 g/mol. The summed E-state index contributed by atoms with van der Waals surface area (Å²) in [5, 5.41) is 0. The third-order valence-electron chi connectivity index (χ3n) is 2.77. The molecule has 0 spiro atoms. The van der Waals surface area contributed by atoms with Crippen LogP contribution in [0.25, 0.3) is 0 Å². The second kappa shape index (κ2) is 5.81. The molecule has 0 fully saturated rings. The Kier molecular flexibility index (Phi) is 4.43. The summed E-state index contributed by atoms with van der Waals surface area (Å²) in [5.41, 5.74) is 5.34. The molecule has 0 heterocycles. The van der Waals surface area contributed by atoms with Crippen molar-refractivity contribution < 1.29 is 18.0 Å². The van der Waals surface area contributed by atoms with Crippen LogP contribution in [0.2, 0.25) is 0 Å². The van der Waals surface area contributed by atoms with Crippen molar-refractivity contribution in [3.63, 3.8) is 0 Å². The minimum absolute atomic E-state index is 0.0454. The minimum Gasteiger partial charge on any atom is -0.399 e. The summed E-state index contributed by atoms with van der Waals surface area (Å²) in [4.78, 5) is 12.3. The van der Waals surface area contributed by atoms with Gasteiger partial charge in [-0.3, -0.25) is 4.79 Å². The van der Waals surface area contributed by atoms with Crippen molar-refractivity contribution in [1.82, 2.24) is 0 Å². The highest BCUT2D eigenvalue weighted by Crippen LogP contribution is 2.36. The first-order valence-electron chi connectivity index (χ1n) is 5.66. The highest BCUT2D eigenvalue weighted by molar-refractivity contribution is 9.10. The smallest absolute Gasteiger partial charge is 0.399 e. The molecule has 0 aromatic heterocycles. The van der Waals surface area contributed by atoms with Gasteiger partial charge in [0, 0.05) is 25.8 Å². The maximum atomic E-state index is 12.9. The lowest BCUT2D eigenvalue weighted by atomic mass is 10.0. The van der Waals surface area contributed by atoms with Gasteiger partial charge >= 0.3 is 6.18 Å². The van der Waals surface area contributed by atoms with E-state index in [4.69, 9.17) is 5.73 Å². The molecule has 21 heavy (non-hydrogen) atoms. The molecule has 0 radical (unpaired) electrons. The Bertz CT molecular complexity index is 714. The molecule has 2 N–H and O–H groups in total. The average molecular weight is 423 g/mol. The summed E-state index contributed by atoms with van der Waals surface area (Å²) in [7, 11) is 0. The van der Waals surface area contributed by atoms with Crippen molar-refractivity contribution in [3.05, 3.63) is 62.0 Å². The SMILES string of the molecule is Nc1ccc(C(=O)c2ccc(Br)c(C(F)(F)F)c2)c(Br)c1. The van der Waals surface area contributed by atoms with Crippen LogP contribution in [0.5, 0.6) is 0 Å². The van der Waals surface area contributed by atoms with Gasteiger partial charge in [0.1, 0.15) is 0 Å². The number of anilines is 1. The minimum atomic E-state index is -4.53. The Morgan fingerprint density at radius 3 is 2.24 bits per heavy atom. The van der Waals surface area contributed by atoms with Crippen LogP contribution in [0.15, 0.2) is 45.3 Å². The van der Waals surface area contributed by atoms with E-state index in [2.05, 4.69) is 31.9 Å². The predicted octanol–water partition coefficient (Wildman–Crippen LogP) is 5.04. The van der Waals surface area contributed by atoms with Crippen LogP contribution in [0.1, 0.15) is 21.5 Å². The fourth-order valence-electron chi connectivity index (χ4n) is 1.75. The number of nitrogens with two attached hydrogens (primary N) is 1. The summed E-state index contributed by atoms with van der Waals surface area (Å²) in [6.07, 6.45) is -4.53. The zero-order chi connectivity index (χ0) is 15.8. The number of carbonyl (C=O) groups excluding carboxylic acids is 1. The third-order valence-corrected chi connectivity index (χ3v) is 4.12. The number of benzene rings is 2. The predicted molar refractivity (Wildman–Crippen MR) is 81.1 cm³/mol. The third kappa shape index (κ3) is 3.47. The molecule has 110 valence electrons. The first-order chi connectivity index (χ1) is 9.70. The molecule has 7 heteroatoms. The molecule has 0 saturated heterocycles. The molecular formula is C14H8Br2F3NO. The number of halogens is 5. The standard InChI is InChI=1S/C14H8Br2F3NO/c15-11-4-1-7(5-10(11)14(17,18)19)13(21)9-3-2-8(20)6-12(9)16/h1-6H,20H2. The molecule has 2 aromatic carbocycles. The van der Waals surface area contributed by atoms with Crippen LogP contribution < -0.4 is 5.73 Å². The van der Waals surface area contributed by atoms with E-state index in [1.165, 1.54) is 30.3 Å². The zero-order valence-corrected chi connectivity index (χ0v) is 13.5. The molecule has 0 aliphatic heterocycles. The largest absolute Gasteiger partial charge is 0.417 e. The van der Waals surface area contributed by atoms with Crippen LogP contribution in [-0.2, 0) is 6.18 Å². The molecule has 0 atom stereocenters. The highest BCUT2D eigenvalue weighted by Gasteiger charge is 2.33. The van der Waals surface area contributed by atoms with E-state index in [1.807, 2.05) is 0 Å². The second-order valence-electron chi connectivity index (χ2n) is 4.26. The first-order valence-corrected chi connectivity index (χ1v) is 7.25. The maximum Gasteiger partial charge on any atom is 0.417 e. The van der Waals surface area contributed by atoms with Crippen molar-refractivity contribution >= 4 is 43.3 Å². The van der Waals surface area contributed by atoms with Crippen LogP contribution in [0.4, 0.5) is 18.9 Å². The van der Waals surface area contributed by atoms with E-state index in [0.717, 1.165) is 6.07 Å². The van der Waals surface area contributed by atoms with Gasteiger partial charge < -0.3 is 5.73 Å². The highest BCUT2D eigenvalue weighted by atomic mass is 79.9. The van der Waals surface area contributed by atoms with E-state index < -0.39 is 17.5 Å². The van der Waals surface area contributed by atoms with E-state index >= 15 is 0 Å². The van der Waals surface area contributed by atoms with Gasteiger partial charge in [-0.15, -0.1) is 0 Å². The summed E-state index contributed by atoms with van der Waals surface area (Å²) in [5.74, 6) is -0.514. The maximum absolute atomic E-state index is 12.9. The summed E-state index contributed by atoms with van der Waals surface area (Å²) >= 11 is 6.02. The van der Waals surface area contributed by atoms with Gasteiger partial charge in [-0.25, -0.2) is 0 Å². The lowest BCUT2D eigenvalue weighted by Gasteiger charge is -2.11. The number of hydrogen-bond donors (Lipinski definition) is 1. The van der Waals surface area contributed by atoms with Crippen LogP contribution >= 0.6 is 31.9 Å². The molecule has 0 unspecified atom stereocenters. The molecule has 0 aliphatic carbocycles. The van der Waals surface area contributed by atoms with Crippen molar-refractivity contribution in [1.29, 1.82) is 0 Å². The van der Waals surface area contributed by atoms with Gasteiger partial charge in [-0.2, -0.15) is 13.2 Å². The number of carbonyl (C=O) groups is 1. The molecule has 0 bridgehead atoms. The lowest BCUT2D eigenvalue weighted by molar-refractivity contribution is -0.138. The summed E-state index contributed by atoms with van der Waals surface area (Å²) < 4.78 is 38.9. The Morgan fingerprint density at radius 1 is 1.00 bits per heavy atom. The van der Waals surface area contributed by atoms with Crippen molar-refractivity contribution in [2.24, 2.45) is 0 Å². The Balaban J connectivity index is 2.49. The quantitative estimate of drug-likeness (QED) is 0.544. The molecular weight excluding hydrogens is 415 g/mol. The van der Waals surface area contributed by atoms with E-state index in [-0.39, 0.29) is 15.6 Å². The molecule has 0 aliphatic rings. The fourth-order valence-corrected chi connectivity index (χ4v) is 2.80. The number of alkyl halides is 3. The molecule has 2 aromatic rings. The van der Waals surface area contributed by atoms with E-state index in [9.17, 15) is 18.0 Å². The second-order valence-corrected chi connectivity index (χ2v) is 5.97. The first kappa shape index (κ1) is 16.0. The Hall–Kier alpha value is -1.34. The van der Waals surface area contributed by atoms with Gasteiger partial charge in [0.15, 0.2) is 5.78 Å². The number of nitrogen functional groups attached to an aromatic ring is 1. The Labute approximate surface area is 135 Å². The van der Waals surface area contributed by atoms with Gasteiger partial charge in [0.2, 0.25) is 0 Å². The van der Waals surface area contributed by atoms with Crippen molar-refractivity contribution in [3.8, 4) is 0 Å². The van der Waals surface area contributed by atoms with Crippen molar-refractivity contribution in [2.45, 2.75) is 6.18 Å². The molecule has 0 saturated carbocycles. The number of hydrogen-bond acceptors (Lipinski definition) is 2. The van der Waals surface area contributed by atoms with Gasteiger partial charge in [-0.05, 0) is 52.3 Å². The van der Waals surface area contributed by atoms with Crippen LogP contribution in [0.3, 0.4) is 0 Å². The molecule has 2 nitrogen and oxygen atoms in total. The topological polar surface area (TPSA) is 43.1 Å².